The van der Waals surface area contributed by atoms with Gasteiger partial charge in [-0.15, -0.1) is 9.92 Å². The summed E-state index contributed by atoms with van der Waals surface area (Å²) in [7, 11) is 3.12. The molecule has 0 saturated heterocycles. The van der Waals surface area contributed by atoms with Gasteiger partial charge in [0.25, 0.3) is 0 Å². The van der Waals surface area contributed by atoms with Crippen LogP contribution in [0.15, 0.2) is 35.6 Å². The quantitative estimate of drug-likeness (QED) is 0.531. The normalized spacial score (nSPS) is 9.29. The number of hydrogen-bond donors (Lipinski definition) is 0. The van der Waals surface area contributed by atoms with Crippen LogP contribution < -0.4 is 5.01 Å². The van der Waals surface area contributed by atoms with Gasteiger partial charge in [0, 0.05) is 14.1 Å². The highest BCUT2D eigenvalue weighted by molar-refractivity contribution is 5.90. The van der Waals surface area contributed by atoms with Gasteiger partial charge in [-0.1, -0.05) is 18.2 Å². The summed E-state index contributed by atoms with van der Waals surface area (Å²) >= 11 is 0. The van der Waals surface area contributed by atoms with Crippen LogP contribution in [0.2, 0.25) is 0 Å². The van der Waals surface area contributed by atoms with Crippen LogP contribution in [0, 0.1) is 4.91 Å². The van der Waals surface area contributed by atoms with E-state index in [0.29, 0.717) is 5.69 Å². The van der Waals surface area contributed by atoms with Gasteiger partial charge in [-0.2, -0.15) is 0 Å². The first-order valence-electron chi connectivity index (χ1n) is 4.06. The van der Waals surface area contributed by atoms with E-state index in [-0.39, 0.29) is 0 Å². The molecule has 0 heterocycles. The molecule has 0 saturated carbocycles. The van der Waals surface area contributed by atoms with Crippen LogP contribution in [0.5, 0.6) is 0 Å². The highest BCUT2D eigenvalue weighted by Gasteiger charge is 2.17. The van der Waals surface area contributed by atoms with Gasteiger partial charge in [-0.05, 0) is 12.1 Å². The molecule has 0 aromatic heterocycles. The minimum atomic E-state index is -0.466. The Morgan fingerprint density at radius 2 is 1.79 bits per heavy atom. The Bertz CT molecular complexity index is 324. The first kappa shape index (κ1) is 10.2. The lowest BCUT2D eigenvalue weighted by Crippen LogP contribution is -2.35. The maximum absolute atomic E-state index is 11.4. The Morgan fingerprint density at radius 3 is 2.21 bits per heavy atom. The number of urea groups is 1. The maximum Gasteiger partial charge on any atom is 0.347 e. The number of anilines is 1. The van der Waals surface area contributed by atoms with E-state index in [0.717, 1.165) is 5.01 Å². The number of benzene rings is 1. The van der Waals surface area contributed by atoms with E-state index in [9.17, 15) is 9.70 Å². The fourth-order valence-corrected chi connectivity index (χ4v) is 0.951. The lowest BCUT2D eigenvalue weighted by molar-refractivity contribution is 0.224. The molecule has 1 rings (SSSR count). The van der Waals surface area contributed by atoms with E-state index in [2.05, 4.69) is 5.29 Å². The highest BCUT2D eigenvalue weighted by Crippen LogP contribution is 2.14. The van der Waals surface area contributed by atoms with Gasteiger partial charge < -0.3 is 4.90 Å². The van der Waals surface area contributed by atoms with Crippen molar-refractivity contribution >= 4 is 11.7 Å². The predicted octanol–water partition coefficient (Wildman–Crippen LogP) is 1.86. The van der Waals surface area contributed by atoms with Crippen molar-refractivity contribution in [2.45, 2.75) is 0 Å². The van der Waals surface area contributed by atoms with Gasteiger partial charge in [0.05, 0.1) is 11.0 Å². The van der Waals surface area contributed by atoms with E-state index in [1.165, 1.54) is 4.90 Å². The van der Waals surface area contributed by atoms with Crippen molar-refractivity contribution in [1.82, 2.24) is 4.90 Å². The van der Waals surface area contributed by atoms with Gasteiger partial charge >= 0.3 is 6.03 Å². The Labute approximate surface area is 81.9 Å². The minimum Gasteiger partial charge on any atom is -0.329 e. The number of para-hydroxylation sites is 1. The molecule has 14 heavy (non-hydrogen) atoms. The molecule has 0 fully saturated rings. The summed E-state index contributed by atoms with van der Waals surface area (Å²) in [6, 6.07) is 8.08. The lowest BCUT2D eigenvalue weighted by atomic mass is 10.3. The van der Waals surface area contributed by atoms with Gasteiger partial charge in [-0.3, -0.25) is 0 Å². The van der Waals surface area contributed by atoms with E-state index < -0.39 is 6.03 Å². The highest BCUT2D eigenvalue weighted by atomic mass is 16.3. The molecule has 0 aliphatic rings. The molecule has 5 nitrogen and oxygen atoms in total. The van der Waals surface area contributed by atoms with Gasteiger partial charge in [0.2, 0.25) is 0 Å². The minimum absolute atomic E-state index is 0.459. The van der Waals surface area contributed by atoms with Crippen molar-refractivity contribution in [3.63, 3.8) is 0 Å². The molecule has 1 aromatic carbocycles. The lowest BCUT2D eigenvalue weighted by Gasteiger charge is -2.17. The molecule has 74 valence electrons. The van der Waals surface area contributed by atoms with Crippen molar-refractivity contribution in [3.8, 4) is 0 Å². The van der Waals surface area contributed by atoms with E-state index in [4.69, 9.17) is 0 Å². The summed E-state index contributed by atoms with van der Waals surface area (Å²) < 4.78 is 0. The van der Waals surface area contributed by atoms with Crippen molar-refractivity contribution in [3.05, 3.63) is 35.2 Å². The van der Waals surface area contributed by atoms with Crippen LogP contribution in [0.1, 0.15) is 0 Å². The summed E-state index contributed by atoms with van der Waals surface area (Å²) in [6.45, 7) is 0. The van der Waals surface area contributed by atoms with E-state index in [1.54, 1.807) is 44.4 Å². The zero-order valence-corrected chi connectivity index (χ0v) is 8.04. The van der Waals surface area contributed by atoms with Crippen LogP contribution in [0.3, 0.4) is 0 Å². The Hall–Kier alpha value is -1.91. The number of rotatable bonds is 2. The number of nitrogens with zero attached hydrogens (tertiary/aromatic N) is 3. The second-order valence-electron chi connectivity index (χ2n) is 2.91. The molecule has 0 spiro atoms. The first-order chi connectivity index (χ1) is 6.66. The molecule has 0 aliphatic heterocycles. The number of carbonyl (C=O) groups excluding carboxylic acids is 1. The molecular weight excluding hydrogens is 182 g/mol. The summed E-state index contributed by atoms with van der Waals surface area (Å²) in [5, 5.41) is 3.48. The third-order valence-corrected chi connectivity index (χ3v) is 1.65. The maximum atomic E-state index is 11.4. The van der Waals surface area contributed by atoms with E-state index >= 15 is 0 Å². The SMILES string of the molecule is CN(C)C(=O)N(N=O)c1ccccc1. The standard InChI is InChI=1S/C9H11N3O2/c1-11(2)9(13)12(10-14)8-6-4-3-5-7-8/h3-7H,1-2H3. The molecule has 0 unspecified atom stereocenters. The number of carbonyl (C=O) groups is 1. The van der Waals surface area contributed by atoms with Crippen LogP contribution in [-0.4, -0.2) is 25.0 Å². The third kappa shape index (κ3) is 2.07. The van der Waals surface area contributed by atoms with Crippen molar-refractivity contribution in [1.29, 1.82) is 0 Å². The van der Waals surface area contributed by atoms with Gasteiger partial charge in [-0.25, -0.2) is 4.79 Å². The average Bonchev–Trinajstić information content (AvgIpc) is 2.20. The average molecular weight is 193 g/mol. The zero-order chi connectivity index (χ0) is 10.6. The van der Waals surface area contributed by atoms with Gasteiger partial charge in [0.1, 0.15) is 0 Å². The van der Waals surface area contributed by atoms with Crippen LogP contribution in [0.4, 0.5) is 10.5 Å². The third-order valence-electron chi connectivity index (χ3n) is 1.65. The largest absolute Gasteiger partial charge is 0.347 e. The second-order valence-corrected chi connectivity index (χ2v) is 2.91. The molecule has 2 amide bonds. The summed E-state index contributed by atoms with van der Waals surface area (Å²) in [5.74, 6) is 0. The molecule has 0 atom stereocenters. The molecule has 1 aromatic rings. The van der Waals surface area contributed by atoms with Crippen LogP contribution >= 0.6 is 0 Å². The molecule has 0 N–H and O–H groups in total. The monoisotopic (exact) mass is 193 g/mol. The summed E-state index contributed by atoms with van der Waals surface area (Å²) in [4.78, 5) is 23.2. The van der Waals surface area contributed by atoms with Crippen molar-refractivity contribution in [2.75, 3.05) is 19.1 Å². The second kappa shape index (κ2) is 4.36. The number of nitroso groups, excluding NO2 is 1. The molecule has 5 heteroatoms. The van der Waals surface area contributed by atoms with E-state index in [1.807, 2.05) is 0 Å². The van der Waals surface area contributed by atoms with Crippen LogP contribution in [0.25, 0.3) is 0 Å². The molecule has 0 radical (unpaired) electrons. The molecule has 0 aliphatic carbocycles. The fraction of sp³-hybridized carbons (Fsp3) is 0.222. The summed E-state index contributed by atoms with van der Waals surface area (Å²) in [5.41, 5.74) is 0.459. The van der Waals surface area contributed by atoms with Gasteiger partial charge in [0.15, 0.2) is 0 Å². The summed E-state index contributed by atoms with van der Waals surface area (Å²) in [6.07, 6.45) is 0. The molecular formula is C9H11N3O2. The Balaban J connectivity index is 2.94. The topological polar surface area (TPSA) is 53.0 Å². The Morgan fingerprint density at radius 1 is 1.21 bits per heavy atom. The van der Waals surface area contributed by atoms with Crippen molar-refractivity contribution in [2.24, 2.45) is 5.29 Å². The zero-order valence-electron chi connectivity index (χ0n) is 8.04. The number of amides is 2. The smallest absolute Gasteiger partial charge is 0.329 e. The first-order valence-corrected chi connectivity index (χ1v) is 4.06. The Kier molecular flexibility index (Phi) is 3.17. The van der Waals surface area contributed by atoms with Crippen LogP contribution in [-0.2, 0) is 0 Å². The molecule has 0 bridgehead atoms. The van der Waals surface area contributed by atoms with Crippen molar-refractivity contribution < 1.29 is 4.79 Å². The fourth-order valence-electron chi connectivity index (χ4n) is 0.951. The number of hydrogen-bond acceptors (Lipinski definition) is 3. The predicted molar refractivity (Wildman–Crippen MR) is 53.8 cm³/mol.